The van der Waals surface area contributed by atoms with Crippen LogP contribution in [0.15, 0.2) is 47.5 Å². The molecule has 3 N–H and O–H groups in total. The number of thiocarbonyl (C=S) groups is 1. The van der Waals surface area contributed by atoms with Gasteiger partial charge in [-0.3, -0.25) is 39.1 Å². The second-order valence-corrected chi connectivity index (χ2v) is 9.61. The number of aromatic nitrogens is 1. The summed E-state index contributed by atoms with van der Waals surface area (Å²) >= 11 is 4.75. The predicted octanol–water partition coefficient (Wildman–Crippen LogP) is 1.96. The summed E-state index contributed by atoms with van der Waals surface area (Å²) in [5.41, 5.74) is 3.06. The van der Waals surface area contributed by atoms with Gasteiger partial charge in [0.1, 0.15) is 6.04 Å². The van der Waals surface area contributed by atoms with Gasteiger partial charge in [0.2, 0.25) is 0 Å². The largest absolute Gasteiger partial charge is 0.480 e. The maximum atomic E-state index is 12.4. The van der Waals surface area contributed by atoms with Crippen LogP contribution >= 0.6 is 12.2 Å². The number of aryl methyl sites for hydroxylation is 1. The summed E-state index contributed by atoms with van der Waals surface area (Å²) in [5, 5.41) is 30.4. The zero-order valence-electron chi connectivity index (χ0n) is 21.9. The molecule has 0 aliphatic carbocycles. The van der Waals surface area contributed by atoms with Gasteiger partial charge in [-0.15, -0.1) is 0 Å². The molecular weight excluding hydrogens is 680 g/mol. The van der Waals surface area contributed by atoms with Crippen molar-refractivity contribution in [2.24, 2.45) is 4.99 Å². The van der Waals surface area contributed by atoms with Crippen molar-refractivity contribution in [1.29, 1.82) is 0 Å². The average Bonchev–Trinajstić information content (AvgIpc) is 2.88. The number of fused-ring (bicyclic) bond motifs is 2. The van der Waals surface area contributed by atoms with Crippen LogP contribution in [0.5, 0.6) is 0 Å². The standard InChI is InChI=1S/C27H33N5O6S.Gd/c33-25(34)18-30-11-12-31(19-26(35)36)16-22-2-1-3-23(29-22)17-32(14-13-30)24(27(37)38)9-6-20-4-7-21(8-5-20)28-10-15-39;/h1-5,7-8,10,15,24H,6,9,11-14,16-19H2,(H,33,34)(H,35,36)(H,37,38);. The van der Waals surface area contributed by atoms with Crippen LogP contribution in [0, 0.1) is 39.9 Å². The normalized spacial score (nSPS) is 16.3. The average molecular weight is 713 g/mol. The quantitative estimate of drug-likeness (QED) is 0.232. The molecule has 2 heterocycles. The Hall–Kier alpha value is -2.26. The molecule has 0 spiro atoms. The van der Waals surface area contributed by atoms with Crippen molar-refractivity contribution < 1.29 is 69.6 Å². The van der Waals surface area contributed by atoms with Gasteiger partial charge in [0.25, 0.3) is 0 Å². The third-order valence-electron chi connectivity index (χ3n) is 6.42. The molecule has 1 aromatic carbocycles. The Morgan fingerprint density at radius 1 is 0.900 bits per heavy atom. The number of aliphatic carboxylic acids is 3. The number of aliphatic imine (C=N–C) groups is 1. The molecule has 2 bridgehead atoms. The van der Waals surface area contributed by atoms with E-state index < -0.39 is 23.9 Å². The van der Waals surface area contributed by atoms with E-state index in [4.69, 9.17) is 12.2 Å². The van der Waals surface area contributed by atoms with Crippen LogP contribution in [0.2, 0.25) is 0 Å². The van der Waals surface area contributed by atoms with Crippen molar-refractivity contribution in [2.75, 3.05) is 39.3 Å². The summed E-state index contributed by atoms with van der Waals surface area (Å²) in [5.74, 6) is -2.94. The summed E-state index contributed by atoms with van der Waals surface area (Å²) in [6.07, 6.45) is 2.41. The molecule has 1 atom stereocenters. The Kier molecular flexibility index (Phi) is 14.9. The van der Waals surface area contributed by atoms with Crippen molar-refractivity contribution in [2.45, 2.75) is 32.0 Å². The molecule has 13 heteroatoms. The molecule has 11 nitrogen and oxygen atoms in total. The molecule has 0 amide bonds. The first-order valence-corrected chi connectivity index (χ1v) is 13.1. The van der Waals surface area contributed by atoms with Crippen LogP contribution in [0.3, 0.4) is 0 Å². The number of carboxylic acid groups (broad SMARTS) is 3. The van der Waals surface area contributed by atoms with E-state index in [0.29, 0.717) is 50.4 Å². The van der Waals surface area contributed by atoms with Crippen LogP contribution in [0.1, 0.15) is 23.4 Å². The molecule has 216 valence electrons. The number of carboxylic acids is 3. The molecule has 1 unspecified atom stereocenters. The Balaban J connectivity index is 0.00000560. The summed E-state index contributed by atoms with van der Waals surface area (Å²) in [6.45, 7) is 1.39. The summed E-state index contributed by atoms with van der Waals surface area (Å²) in [6, 6.07) is 12.2. The van der Waals surface area contributed by atoms with Crippen molar-refractivity contribution in [3.8, 4) is 0 Å². The van der Waals surface area contributed by atoms with E-state index in [2.05, 4.69) is 9.98 Å². The van der Waals surface area contributed by atoms with Crippen molar-refractivity contribution in [1.82, 2.24) is 19.7 Å². The number of hydrogen-bond acceptors (Lipinski definition) is 9. The van der Waals surface area contributed by atoms with E-state index in [1.165, 1.54) is 11.6 Å². The SMILES string of the molecule is O=C(O)CN1CCN(CC(=O)O)Cc2cccc(n2)CN(C(CCc2ccc(N=CC=S)cc2)C(=O)O)CC1.[Gd]. The molecule has 1 aromatic heterocycles. The maximum absolute atomic E-state index is 12.4. The monoisotopic (exact) mass is 713 g/mol. The van der Waals surface area contributed by atoms with Crippen LogP contribution < -0.4 is 0 Å². The van der Waals surface area contributed by atoms with Gasteiger partial charge in [-0.1, -0.05) is 30.4 Å². The van der Waals surface area contributed by atoms with Crippen LogP contribution in [0.25, 0.3) is 0 Å². The first kappa shape index (κ1) is 33.9. The van der Waals surface area contributed by atoms with E-state index in [-0.39, 0.29) is 66.1 Å². The van der Waals surface area contributed by atoms with Gasteiger partial charge in [0.05, 0.1) is 30.2 Å². The number of rotatable bonds is 11. The van der Waals surface area contributed by atoms with E-state index in [1.54, 1.807) is 15.9 Å². The maximum Gasteiger partial charge on any atom is 0.320 e. The van der Waals surface area contributed by atoms with Crippen molar-refractivity contribution in [3.05, 3.63) is 59.4 Å². The molecular formula is C27H33GdN5O6S. The zero-order chi connectivity index (χ0) is 28.2. The van der Waals surface area contributed by atoms with Gasteiger partial charge in [-0.2, -0.15) is 0 Å². The van der Waals surface area contributed by atoms with Crippen LogP contribution in [-0.4, -0.2) is 110 Å². The topological polar surface area (TPSA) is 147 Å². The Morgan fingerprint density at radius 2 is 1.50 bits per heavy atom. The van der Waals surface area contributed by atoms with Crippen molar-refractivity contribution >= 4 is 47.4 Å². The summed E-state index contributed by atoms with van der Waals surface area (Å²) < 4.78 is 0. The molecule has 0 fully saturated rings. The third-order valence-corrected chi connectivity index (χ3v) is 6.54. The molecule has 3 rings (SSSR count). The van der Waals surface area contributed by atoms with Gasteiger partial charge < -0.3 is 15.3 Å². The third kappa shape index (κ3) is 11.7. The fraction of sp³-hybridized carbons (Fsp3) is 0.407. The van der Waals surface area contributed by atoms with E-state index in [1.807, 2.05) is 41.3 Å². The molecule has 2 aromatic rings. The molecule has 1 aliphatic heterocycles. The summed E-state index contributed by atoms with van der Waals surface area (Å²) in [4.78, 5) is 49.5. The van der Waals surface area contributed by atoms with E-state index in [9.17, 15) is 29.7 Å². The number of carbonyl (C=O) groups is 3. The second kappa shape index (κ2) is 17.5. The molecule has 1 aliphatic rings. The van der Waals surface area contributed by atoms with Crippen LogP contribution in [-0.2, 0) is 33.9 Å². The van der Waals surface area contributed by atoms with Crippen LogP contribution in [0.4, 0.5) is 5.69 Å². The van der Waals surface area contributed by atoms with Gasteiger partial charge in [0, 0.05) is 90.8 Å². The Morgan fingerprint density at radius 3 is 2.12 bits per heavy atom. The minimum atomic E-state index is -1.00. The zero-order valence-corrected chi connectivity index (χ0v) is 25.0. The smallest absolute Gasteiger partial charge is 0.320 e. The molecule has 0 saturated carbocycles. The van der Waals surface area contributed by atoms with Gasteiger partial charge in [-0.05, 0) is 42.7 Å². The Labute approximate surface area is 270 Å². The number of nitrogens with zero attached hydrogens (tertiary/aromatic N) is 5. The fourth-order valence-electron chi connectivity index (χ4n) is 4.54. The molecule has 0 saturated heterocycles. The second-order valence-electron chi connectivity index (χ2n) is 9.34. The first-order chi connectivity index (χ1) is 18.7. The van der Waals surface area contributed by atoms with Crippen molar-refractivity contribution in [3.63, 3.8) is 0 Å². The molecule has 0 radical (unpaired) electrons. The minimum Gasteiger partial charge on any atom is -0.480 e. The Bertz CT molecular complexity index is 1180. The first-order valence-electron chi connectivity index (χ1n) is 12.6. The fourth-order valence-corrected chi connectivity index (χ4v) is 4.60. The van der Waals surface area contributed by atoms with E-state index >= 15 is 0 Å². The molecule has 40 heavy (non-hydrogen) atoms. The minimum absolute atomic E-state index is 0. The van der Waals surface area contributed by atoms with Gasteiger partial charge >= 0.3 is 17.9 Å². The van der Waals surface area contributed by atoms with Gasteiger partial charge in [0.15, 0.2) is 0 Å². The van der Waals surface area contributed by atoms with E-state index in [0.717, 1.165) is 11.3 Å². The predicted molar refractivity (Wildman–Crippen MR) is 150 cm³/mol. The number of hydrogen-bond donors (Lipinski definition) is 3. The number of benzene rings is 1. The summed E-state index contributed by atoms with van der Waals surface area (Å²) in [7, 11) is 0. The van der Waals surface area contributed by atoms with Gasteiger partial charge in [-0.25, -0.2) is 0 Å². The number of pyridine rings is 1.